The van der Waals surface area contributed by atoms with Gasteiger partial charge in [-0.05, 0) is 55.2 Å². The first kappa shape index (κ1) is 20.7. The lowest BCUT2D eigenvalue weighted by Crippen LogP contribution is -2.27. The summed E-state index contributed by atoms with van der Waals surface area (Å²) in [6.45, 7) is 0.761. The van der Waals surface area contributed by atoms with Crippen LogP contribution in [0.5, 0.6) is 5.75 Å². The van der Waals surface area contributed by atoms with Crippen molar-refractivity contribution in [3.63, 3.8) is 0 Å². The molecule has 0 spiro atoms. The molecule has 3 aromatic rings. The number of nitrogens with one attached hydrogen (secondary N) is 1. The summed E-state index contributed by atoms with van der Waals surface area (Å²) in [4.78, 5) is 17.9. The van der Waals surface area contributed by atoms with Crippen LogP contribution in [0.1, 0.15) is 31.2 Å². The first-order valence-corrected chi connectivity index (χ1v) is 10.6. The molecule has 1 N–H and O–H groups in total. The summed E-state index contributed by atoms with van der Waals surface area (Å²) in [5.74, 6) is 1.70. The second kappa shape index (κ2) is 9.05. The lowest BCUT2D eigenvalue weighted by Gasteiger charge is -2.18. The fourth-order valence-electron chi connectivity index (χ4n) is 4.19. The maximum Gasteiger partial charge on any atom is 0.293 e. The zero-order chi connectivity index (χ0) is 21.8. The number of nitriles is 1. The van der Waals surface area contributed by atoms with Crippen LogP contribution in [0.3, 0.4) is 0 Å². The third-order valence-electron chi connectivity index (χ3n) is 5.97. The van der Waals surface area contributed by atoms with Gasteiger partial charge in [-0.25, -0.2) is 4.98 Å². The van der Waals surface area contributed by atoms with Gasteiger partial charge in [-0.1, -0.05) is 25.0 Å². The smallest absolute Gasteiger partial charge is 0.293 e. The van der Waals surface area contributed by atoms with E-state index < -0.39 is 0 Å². The van der Waals surface area contributed by atoms with E-state index in [1.165, 1.54) is 25.7 Å². The Morgan fingerprint density at radius 1 is 1.10 bits per heavy atom. The van der Waals surface area contributed by atoms with E-state index in [0.717, 1.165) is 29.1 Å². The Bertz CT molecular complexity index is 1150. The van der Waals surface area contributed by atoms with Crippen LogP contribution in [0.15, 0.2) is 53.3 Å². The minimum atomic E-state index is -0.152. The lowest BCUT2D eigenvalue weighted by molar-refractivity contribution is 0.415. The van der Waals surface area contributed by atoms with Gasteiger partial charge in [-0.3, -0.25) is 4.79 Å². The summed E-state index contributed by atoms with van der Waals surface area (Å²) < 4.78 is 6.93. The minimum Gasteiger partial charge on any atom is -0.497 e. The van der Waals surface area contributed by atoms with Gasteiger partial charge in [0.15, 0.2) is 5.82 Å². The number of hydrogen-bond donors (Lipinski definition) is 1. The van der Waals surface area contributed by atoms with E-state index >= 15 is 0 Å². The van der Waals surface area contributed by atoms with Gasteiger partial charge in [-0.15, -0.1) is 0 Å². The first-order valence-electron chi connectivity index (χ1n) is 10.6. The van der Waals surface area contributed by atoms with E-state index in [4.69, 9.17) is 15.0 Å². The van der Waals surface area contributed by atoms with Crippen LogP contribution in [-0.4, -0.2) is 23.2 Å². The van der Waals surface area contributed by atoms with E-state index in [2.05, 4.69) is 11.4 Å². The Morgan fingerprint density at radius 3 is 2.35 bits per heavy atom. The fraction of sp³-hybridized carbons (Fsp3) is 0.320. The number of nitrogens with zero attached hydrogens (tertiary/aromatic N) is 3. The van der Waals surface area contributed by atoms with Crippen LogP contribution in [0.25, 0.3) is 22.5 Å². The van der Waals surface area contributed by atoms with E-state index in [1.54, 1.807) is 30.9 Å². The molecule has 0 unspecified atom stereocenters. The fourth-order valence-corrected chi connectivity index (χ4v) is 4.19. The topological polar surface area (TPSA) is 79.9 Å². The molecule has 31 heavy (non-hydrogen) atoms. The molecule has 0 amide bonds. The van der Waals surface area contributed by atoms with Crippen molar-refractivity contribution in [3.05, 3.63) is 64.4 Å². The van der Waals surface area contributed by atoms with Gasteiger partial charge in [0.2, 0.25) is 0 Å². The van der Waals surface area contributed by atoms with Crippen molar-refractivity contribution in [1.29, 1.82) is 5.26 Å². The van der Waals surface area contributed by atoms with Crippen LogP contribution in [0, 0.1) is 17.2 Å². The Balaban J connectivity index is 1.82. The number of aromatic nitrogens is 2. The Hall–Kier alpha value is -3.59. The molecule has 0 saturated heterocycles. The summed E-state index contributed by atoms with van der Waals surface area (Å²) >= 11 is 0. The van der Waals surface area contributed by atoms with Crippen LogP contribution in [-0.2, 0) is 7.05 Å². The van der Waals surface area contributed by atoms with Crippen LogP contribution in [0.2, 0.25) is 0 Å². The largest absolute Gasteiger partial charge is 0.497 e. The van der Waals surface area contributed by atoms with Crippen LogP contribution in [0.4, 0.5) is 5.82 Å². The standard InChI is InChI=1S/C25H26N4O2/c1-29-23(20-11-13-21(31-2)14-12-20)22(19-9-7-17(15-26)8-10-19)28-24(25(29)30)27-16-18-5-3-4-6-18/h7-14,18H,3-6,16H2,1-2H3,(H,27,28). The van der Waals surface area contributed by atoms with Gasteiger partial charge in [0.25, 0.3) is 5.56 Å². The first-order chi connectivity index (χ1) is 15.1. The summed E-state index contributed by atoms with van der Waals surface area (Å²) in [5.41, 5.74) is 3.58. The molecule has 4 rings (SSSR count). The summed E-state index contributed by atoms with van der Waals surface area (Å²) in [6, 6.07) is 17.0. The molecule has 0 atom stereocenters. The molecule has 0 aliphatic heterocycles. The molecule has 0 bridgehead atoms. The van der Waals surface area contributed by atoms with Crippen molar-refractivity contribution in [2.24, 2.45) is 13.0 Å². The molecule has 2 aromatic carbocycles. The number of hydrogen-bond acceptors (Lipinski definition) is 5. The van der Waals surface area contributed by atoms with E-state index in [-0.39, 0.29) is 5.56 Å². The van der Waals surface area contributed by atoms with Gasteiger partial charge >= 0.3 is 0 Å². The third-order valence-corrected chi connectivity index (χ3v) is 5.97. The Labute approximate surface area is 182 Å². The van der Waals surface area contributed by atoms with Crippen LogP contribution < -0.4 is 15.6 Å². The molecule has 1 fully saturated rings. The highest BCUT2D eigenvalue weighted by Gasteiger charge is 2.20. The lowest BCUT2D eigenvalue weighted by atomic mass is 10.0. The predicted molar refractivity (Wildman–Crippen MR) is 122 cm³/mol. The minimum absolute atomic E-state index is 0.152. The normalized spacial score (nSPS) is 13.7. The molecular formula is C25H26N4O2. The highest BCUT2D eigenvalue weighted by molar-refractivity contribution is 5.79. The zero-order valence-corrected chi connectivity index (χ0v) is 17.9. The molecular weight excluding hydrogens is 388 g/mol. The van der Waals surface area contributed by atoms with Gasteiger partial charge < -0.3 is 14.6 Å². The van der Waals surface area contributed by atoms with Crippen molar-refractivity contribution in [2.75, 3.05) is 19.0 Å². The summed E-state index contributed by atoms with van der Waals surface area (Å²) in [5, 5.41) is 12.5. The second-order valence-corrected chi connectivity index (χ2v) is 7.97. The summed E-state index contributed by atoms with van der Waals surface area (Å²) in [6.07, 6.45) is 4.90. The zero-order valence-electron chi connectivity index (χ0n) is 17.9. The highest BCUT2D eigenvalue weighted by Crippen LogP contribution is 2.32. The van der Waals surface area contributed by atoms with Crippen LogP contribution >= 0.6 is 0 Å². The quantitative estimate of drug-likeness (QED) is 0.638. The van der Waals surface area contributed by atoms with Crippen molar-refractivity contribution >= 4 is 5.82 Å². The maximum absolute atomic E-state index is 13.1. The Morgan fingerprint density at radius 2 is 1.74 bits per heavy atom. The van der Waals surface area contributed by atoms with Crippen molar-refractivity contribution in [2.45, 2.75) is 25.7 Å². The van der Waals surface area contributed by atoms with Gasteiger partial charge in [-0.2, -0.15) is 5.26 Å². The maximum atomic E-state index is 13.1. The molecule has 1 aliphatic carbocycles. The SMILES string of the molecule is COc1ccc(-c2c(-c3ccc(C#N)cc3)nc(NCC3CCCC3)c(=O)n2C)cc1. The van der Waals surface area contributed by atoms with Crippen molar-refractivity contribution in [1.82, 2.24) is 9.55 Å². The monoisotopic (exact) mass is 414 g/mol. The van der Waals surface area contributed by atoms with Gasteiger partial charge in [0.05, 0.1) is 30.1 Å². The third kappa shape index (κ3) is 4.31. The molecule has 1 aromatic heterocycles. The molecule has 6 heteroatoms. The molecule has 0 radical (unpaired) electrons. The highest BCUT2D eigenvalue weighted by atomic mass is 16.5. The second-order valence-electron chi connectivity index (χ2n) is 7.97. The van der Waals surface area contributed by atoms with E-state index in [1.807, 2.05) is 36.4 Å². The number of benzene rings is 2. The van der Waals surface area contributed by atoms with Gasteiger partial charge in [0.1, 0.15) is 5.75 Å². The van der Waals surface area contributed by atoms with Crippen molar-refractivity contribution in [3.8, 4) is 34.3 Å². The van der Waals surface area contributed by atoms with Gasteiger partial charge in [0, 0.05) is 24.7 Å². The molecule has 1 aliphatic rings. The number of anilines is 1. The molecule has 1 saturated carbocycles. The summed E-state index contributed by atoms with van der Waals surface area (Å²) in [7, 11) is 3.40. The average molecular weight is 415 g/mol. The van der Waals surface area contributed by atoms with E-state index in [0.29, 0.717) is 23.0 Å². The number of methoxy groups -OCH3 is 1. The molecule has 158 valence electrons. The number of ether oxygens (including phenoxy) is 1. The van der Waals surface area contributed by atoms with Crippen molar-refractivity contribution < 1.29 is 4.74 Å². The average Bonchev–Trinajstić information content (AvgIpc) is 3.34. The van der Waals surface area contributed by atoms with E-state index in [9.17, 15) is 4.79 Å². The molecule has 6 nitrogen and oxygen atoms in total. The number of rotatable bonds is 6. The molecule has 1 heterocycles. The predicted octanol–water partition coefficient (Wildman–Crippen LogP) is 4.60. The Kier molecular flexibility index (Phi) is 6.03.